The second-order valence-corrected chi connectivity index (χ2v) is 7.41. The predicted molar refractivity (Wildman–Crippen MR) is 102 cm³/mol. The van der Waals surface area contributed by atoms with Crippen LogP contribution in [0.15, 0.2) is 29.4 Å². The minimum atomic E-state index is -5.19. The molecular weight excluding hydrogens is 774 g/mol. The Balaban J connectivity index is -0.000000218. The number of halogens is 18. The van der Waals surface area contributed by atoms with Gasteiger partial charge in [0.2, 0.25) is 0 Å². The van der Waals surface area contributed by atoms with Gasteiger partial charge in [-0.15, -0.1) is 29.4 Å². The third kappa shape index (κ3) is 18.0. The first-order valence-electron chi connectivity index (χ1n) is 6.88. The average Bonchev–Trinajstić information content (AvgIpc) is 2.60. The zero-order valence-electron chi connectivity index (χ0n) is 15.7. The van der Waals surface area contributed by atoms with Crippen LogP contribution < -0.4 is 0 Å². The van der Waals surface area contributed by atoms with Crippen LogP contribution in [0.2, 0.25) is 0 Å². The molecule has 0 spiro atoms. The van der Waals surface area contributed by atoms with Crippen LogP contribution in [0.4, 0.5) is 79.0 Å². The molecule has 37 heavy (non-hydrogen) atoms. The molecule has 0 heterocycles. The zero-order chi connectivity index (χ0) is 30.5. The normalized spacial score (nSPS) is 15.4. The van der Waals surface area contributed by atoms with Crippen LogP contribution in [0.3, 0.4) is 0 Å². The van der Waals surface area contributed by atoms with Crippen molar-refractivity contribution in [2.24, 2.45) is 0 Å². The van der Waals surface area contributed by atoms with Gasteiger partial charge < -0.3 is 75.8 Å². The summed E-state index contributed by atoms with van der Waals surface area (Å²) in [6.45, 7) is 0. The molecule has 25 heteroatoms. The summed E-state index contributed by atoms with van der Waals surface area (Å²) < 4.78 is 207. The minimum Gasteiger partial charge on any atom is -0.777 e. The van der Waals surface area contributed by atoms with E-state index in [2.05, 4.69) is 75.8 Å². The van der Waals surface area contributed by atoms with Crippen molar-refractivity contribution in [2.45, 2.75) is 37.1 Å². The summed E-state index contributed by atoms with van der Waals surface area (Å²) in [6, 6.07) is 0. The van der Waals surface area contributed by atoms with Crippen molar-refractivity contribution in [1.82, 2.24) is 0 Å². The monoisotopic (exact) mass is 776 g/mol. The van der Waals surface area contributed by atoms with Crippen molar-refractivity contribution in [3.8, 4) is 0 Å². The molecule has 0 aliphatic heterocycles. The average molecular weight is 774 g/mol. The first kappa shape index (κ1) is 44.0. The van der Waals surface area contributed by atoms with Crippen LogP contribution in [-0.4, -0.2) is 37.1 Å². The Hall–Kier alpha value is -0.0317. The van der Waals surface area contributed by atoms with Crippen LogP contribution in [0.1, 0.15) is 0 Å². The SMILES string of the molecule is FC(F)(F)/C([S-])=C(/[S-])C(F)(F)F.FC(F)(F)/C([S-])=C(/[S-])C(F)(F)F.FC(F)(F)/C([S-])=C(/[S-])C(F)(F)F.[Mo]. The molecule has 0 saturated carbocycles. The van der Waals surface area contributed by atoms with Crippen molar-refractivity contribution in [3.63, 3.8) is 0 Å². The molecule has 0 N–H and O–H groups in total. The van der Waals surface area contributed by atoms with E-state index < -0.39 is 66.5 Å². The predicted octanol–water partition coefficient (Wildman–Crippen LogP) is 7.25. The number of hydrogen-bond donors (Lipinski definition) is 0. The van der Waals surface area contributed by atoms with Gasteiger partial charge in [-0.1, -0.05) is 0 Å². The number of alkyl halides is 18. The van der Waals surface area contributed by atoms with Crippen molar-refractivity contribution >= 4 is 75.8 Å². The van der Waals surface area contributed by atoms with E-state index in [1.54, 1.807) is 0 Å². The molecule has 0 aliphatic carbocycles. The van der Waals surface area contributed by atoms with E-state index in [-0.39, 0.29) is 21.1 Å². The summed E-state index contributed by atoms with van der Waals surface area (Å²) >= 11 is 20.9. The third-order valence-electron chi connectivity index (χ3n) is 2.16. The summed E-state index contributed by atoms with van der Waals surface area (Å²) in [5.74, 6) is 0. The molecule has 0 unspecified atom stereocenters. The zero-order valence-corrected chi connectivity index (χ0v) is 22.6. The number of hydrogen-bond acceptors (Lipinski definition) is 6. The van der Waals surface area contributed by atoms with E-state index in [4.69, 9.17) is 0 Å². The van der Waals surface area contributed by atoms with Gasteiger partial charge in [0.25, 0.3) is 0 Å². The molecule has 0 atom stereocenters. The molecule has 0 bridgehead atoms. The Morgan fingerprint density at radius 2 is 0.297 bits per heavy atom. The van der Waals surface area contributed by atoms with Crippen molar-refractivity contribution in [1.29, 1.82) is 0 Å². The van der Waals surface area contributed by atoms with Crippen LogP contribution >= 0.6 is 0 Å². The molecule has 0 radical (unpaired) electrons. The number of rotatable bonds is 0. The fourth-order valence-electron chi connectivity index (χ4n) is 0.772. The molecule has 0 nitrogen and oxygen atoms in total. The van der Waals surface area contributed by atoms with Gasteiger partial charge in [0.05, 0.1) is 0 Å². The number of allylic oxidation sites excluding steroid dienone is 6. The molecule has 222 valence electrons. The fraction of sp³-hybridized carbons (Fsp3) is 0.500. The Morgan fingerprint density at radius 1 is 0.243 bits per heavy atom. The van der Waals surface area contributed by atoms with Gasteiger partial charge in [-0.2, -0.15) is 79.0 Å². The first-order valence-corrected chi connectivity index (χ1v) is 9.33. The van der Waals surface area contributed by atoms with Crippen LogP contribution in [0.25, 0.3) is 0 Å². The smallest absolute Gasteiger partial charge is 0.391 e. The Morgan fingerprint density at radius 3 is 0.324 bits per heavy atom. The van der Waals surface area contributed by atoms with Gasteiger partial charge in [-0.05, 0) is 0 Å². The molecule has 0 fully saturated rings. The van der Waals surface area contributed by atoms with Crippen molar-refractivity contribution in [2.75, 3.05) is 0 Å². The van der Waals surface area contributed by atoms with Crippen LogP contribution in [0, 0.1) is 0 Å². The van der Waals surface area contributed by atoms with Crippen molar-refractivity contribution < 1.29 is 100 Å². The Labute approximate surface area is 241 Å². The molecule has 0 aliphatic rings. The standard InChI is InChI=1S/3C4H2F6S2.Mo/c3*5-3(6,7)1(11)2(12)4(8,9)10;/h3*11-12H;/p-6/b3*2-1-;. The third-order valence-corrected chi connectivity index (χ3v) is 5.16. The second-order valence-electron chi connectivity index (χ2n) is 4.96. The summed E-state index contributed by atoms with van der Waals surface area (Å²) in [4.78, 5) is -13.2. The molecular formula is C12F18MoS6-6. The minimum absolute atomic E-state index is 0. The van der Waals surface area contributed by atoms with Gasteiger partial charge in [-0.3, -0.25) is 0 Å². The summed E-state index contributed by atoms with van der Waals surface area (Å²) in [5, 5.41) is 0. The largest absolute Gasteiger partial charge is 0.777 e. The van der Waals surface area contributed by atoms with Crippen LogP contribution in [0.5, 0.6) is 0 Å². The maximum absolute atomic E-state index is 11.5. The second kappa shape index (κ2) is 15.1. The Kier molecular flexibility index (Phi) is 18.0. The van der Waals surface area contributed by atoms with Gasteiger partial charge in [-0.25, -0.2) is 0 Å². The van der Waals surface area contributed by atoms with E-state index in [1.807, 2.05) is 0 Å². The van der Waals surface area contributed by atoms with E-state index in [1.165, 1.54) is 0 Å². The summed E-state index contributed by atoms with van der Waals surface area (Å²) in [5.41, 5.74) is 0. The van der Waals surface area contributed by atoms with Gasteiger partial charge >= 0.3 is 37.1 Å². The Bertz CT molecular complexity index is 646. The van der Waals surface area contributed by atoms with Gasteiger partial charge in [0.1, 0.15) is 0 Å². The van der Waals surface area contributed by atoms with E-state index in [0.29, 0.717) is 0 Å². The molecule has 0 aromatic carbocycles. The first-order chi connectivity index (χ1) is 15.2. The van der Waals surface area contributed by atoms with E-state index in [9.17, 15) is 79.0 Å². The maximum atomic E-state index is 11.5. The molecule has 0 rings (SSSR count). The van der Waals surface area contributed by atoms with E-state index >= 15 is 0 Å². The van der Waals surface area contributed by atoms with Gasteiger partial charge in [0, 0.05) is 21.1 Å². The maximum Gasteiger partial charge on any atom is 0.391 e. The van der Waals surface area contributed by atoms with Gasteiger partial charge in [0.15, 0.2) is 0 Å². The van der Waals surface area contributed by atoms with E-state index in [0.717, 1.165) is 0 Å². The topological polar surface area (TPSA) is 0 Å². The fourth-order valence-corrected chi connectivity index (χ4v) is 1.47. The molecule has 0 aromatic heterocycles. The quantitative estimate of drug-likeness (QED) is 0.144. The van der Waals surface area contributed by atoms with Crippen molar-refractivity contribution in [3.05, 3.63) is 29.4 Å². The van der Waals surface area contributed by atoms with Crippen LogP contribution in [-0.2, 0) is 96.8 Å². The summed E-state index contributed by atoms with van der Waals surface area (Å²) in [7, 11) is 0. The molecule has 0 saturated heterocycles. The summed E-state index contributed by atoms with van der Waals surface area (Å²) in [6.07, 6.45) is -31.2. The molecule has 0 amide bonds. The molecule has 0 aromatic rings.